The maximum atomic E-state index is 5.28. The van der Waals surface area contributed by atoms with Crippen molar-refractivity contribution in [3.8, 4) is 5.88 Å². The number of pyridine rings is 1. The Morgan fingerprint density at radius 1 is 1.47 bits per heavy atom. The average Bonchev–Trinajstić information content (AvgIpc) is 2.77. The highest BCUT2D eigenvalue weighted by atomic mass is 16.5. The zero-order chi connectivity index (χ0) is 12.3. The summed E-state index contributed by atoms with van der Waals surface area (Å²) in [6.45, 7) is 0. The van der Waals surface area contributed by atoms with Gasteiger partial charge in [0.2, 0.25) is 5.88 Å². The molecule has 0 aliphatic carbocycles. The molecule has 2 rings (SSSR count). The van der Waals surface area contributed by atoms with Crippen molar-refractivity contribution in [3.05, 3.63) is 41.9 Å². The summed E-state index contributed by atoms with van der Waals surface area (Å²) >= 11 is 0. The van der Waals surface area contributed by atoms with Gasteiger partial charge in [0.05, 0.1) is 19.3 Å². The van der Waals surface area contributed by atoms with Crippen LogP contribution in [-0.4, -0.2) is 28.9 Å². The van der Waals surface area contributed by atoms with Gasteiger partial charge in [-0.25, -0.2) is 4.98 Å². The molecular formula is C12H16N4O. The van der Waals surface area contributed by atoms with Crippen LogP contribution in [0.1, 0.15) is 17.2 Å². The number of rotatable bonds is 4. The topological polar surface area (TPSA) is 52.0 Å². The number of hydrogen-bond acceptors (Lipinski definition) is 4. The second-order valence-corrected chi connectivity index (χ2v) is 3.77. The van der Waals surface area contributed by atoms with Crippen LogP contribution in [0.25, 0.3) is 0 Å². The Kier molecular flexibility index (Phi) is 3.39. The largest absolute Gasteiger partial charge is 0.481 e. The van der Waals surface area contributed by atoms with Gasteiger partial charge < -0.3 is 10.1 Å². The van der Waals surface area contributed by atoms with E-state index in [4.69, 9.17) is 4.74 Å². The fraction of sp³-hybridized carbons (Fsp3) is 0.333. The monoisotopic (exact) mass is 232 g/mol. The first kappa shape index (κ1) is 11.6. The fourth-order valence-corrected chi connectivity index (χ4v) is 1.88. The Labute approximate surface area is 100 Å². The van der Waals surface area contributed by atoms with Crippen molar-refractivity contribution in [3.63, 3.8) is 0 Å². The van der Waals surface area contributed by atoms with Crippen LogP contribution in [0.4, 0.5) is 0 Å². The van der Waals surface area contributed by atoms with Gasteiger partial charge in [0.1, 0.15) is 0 Å². The zero-order valence-electron chi connectivity index (χ0n) is 10.2. The maximum absolute atomic E-state index is 5.28. The summed E-state index contributed by atoms with van der Waals surface area (Å²) in [7, 11) is 5.43. The second kappa shape index (κ2) is 4.97. The van der Waals surface area contributed by atoms with Gasteiger partial charge in [-0.2, -0.15) is 5.10 Å². The summed E-state index contributed by atoms with van der Waals surface area (Å²) < 4.78 is 7.06. The molecule has 0 amide bonds. The summed E-state index contributed by atoms with van der Waals surface area (Å²) in [4.78, 5) is 4.21. The molecule has 2 aromatic heterocycles. The van der Waals surface area contributed by atoms with Crippen LogP contribution in [0.2, 0.25) is 0 Å². The summed E-state index contributed by atoms with van der Waals surface area (Å²) in [6.07, 6.45) is 5.54. The fourth-order valence-electron chi connectivity index (χ4n) is 1.88. The van der Waals surface area contributed by atoms with Crippen LogP contribution in [-0.2, 0) is 7.05 Å². The van der Waals surface area contributed by atoms with E-state index in [2.05, 4.69) is 15.4 Å². The van der Waals surface area contributed by atoms with Crippen LogP contribution < -0.4 is 10.1 Å². The van der Waals surface area contributed by atoms with E-state index in [1.54, 1.807) is 18.0 Å². The minimum atomic E-state index is 0.0346. The van der Waals surface area contributed by atoms with Crippen LogP contribution in [0.15, 0.2) is 30.7 Å². The molecule has 0 saturated carbocycles. The van der Waals surface area contributed by atoms with Gasteiger partial charge in [-0.15, -0.1) is 0 Å². The standard InChI is InChI=1S/C12H16N4O/c1-13-11(9-7-15-16(2)8-9)10-5-4-6-14-12(10)17-3/h4-8,11,13H,1-3H3. The minimum absolute atomic E-state index is 0.0346. The van der Waals surface area contributed by atoms with E-state index >= 15 is 0 Å². The van der Waals surface area contributed by atoms with E-state index in [0.29, 0.717) is 5.88 Å². The SMILES string of the molecule is CNC(c1cnn(C)c1)c1cccnc1OC. The third-order valence-corrected chi connectivity index (χ3v) is 2.65. The smallest absolute Gasteiger partial charge is 0.218 e. The highest BCUT2D eigenvalue weighted by Gasteiger charge is 2.18. The van der Waals surface area contributed by atoms with Crippen molar-refractivity contribution in [2.45, 2.75) is 6.04 Å². The van der Waals surface area contributed by atoms with Gasteiger partial charge in [0.15, 0.2) is 0 Å². The third-order valence-electron chi connectivity index (χ3n) is 2.65. The van der Waals surface area contributed by atoms with E-state index in [1.165, 1.54) is 0 Å². The molecule has 0 spiro atoms. The lowest BCUT2D eigenvalue weighted by atomic mass is 10.0. The van der Waals surface area contributed by atoms with Crippen molar-refractivity contribution in [2.24, 2.45) is 7.05 Å². The molecule has 5 nitrogen and oxygen atoms in total. The molecule has 0 fully saturated rings. The molecule has 1 unspecified atom stereocenters. The quantitative estimate of drug-likeness (QED) is 0.858. The lowest BCUT2D eigenvalue weighted by Gasteiger charge is -2.16. The van der Waals surface area contributed by atoms with Crippen molar-refractivity contribution >= 4 is 0 Å². The second-order valence-electron chi connectivity index (χ2n) is 3.77. The molecule has 2 heterocycles. The molecule has 0 aliphatic heterocycles. The number of nitrogens with zero attached hydrogens (tertiary/aromatic N) is 3. The molecule has 1 atom stereocenters. The Hall–Kier alpha value is -1.88. The van der Waals surface area contributed by atoms with E-state index in [0.717, 1.165) is 11.1 Å². The number of hydrogen-bond donors (Lipinski definition) is 1. The van der Waals surface area contributed by atoms with Crippen molar-refractivity contribution in [2.75, 3.05) is 14.2 Å². The van der Waals surface area contributed by atoms with Crippen molar-refractivity contribution < 1.29 is 4.74 Å². The molecule has 90 valence electrons. The molecule has 0 bridgehead atoms. The van der Waals surface area contributed by atoms with E-state index in [9.17, 15) is 0 Å². The average molecular weight is 232 g/mol. The predicted molar refractivity (Wildman–Crippen MR) is 64.9 cm³/mol. The van der Waals surface area contributed by atoms with Crippen LogP contribution in [0, 0.1) is 0 Å². The van der Waals surface area contributed by atoms with Gasteiger partial charge in [0.25, 0.3) is 0 Å². The van der Waals surface area contributed by atoms with E-state index in [-0.39, 0.29) is 6.04 Å². The number of aromatic nitrogens is 3. The number of aryl methyl sites for hydroxylation is 1. The van der Waals surface area contributed by atoms with Gasteiger partial charge in [0, 0.05) is 30.6 Å². The van der Waals surface area contributed by atoms with Crippen LogP contribution in [0.5, 0.6) is 5.88 Å². The molecular weight excluding hydrogens is 216 g/mol. The summed E-state index contributed by atoms with van der Waals surface area (Å²) in [5.41, 5.74) is 2.09. The first-order valence-electron chi connectivity index (χ1n) is 5.41. The van der Waals surface area contributed by atoms with E-state index < -0.39 is 0 Å². The van der Waals surface area contributed by atoms with Crippen LogP contribution in [0.3, 0.4) is 0 Å². The number of methoxy groups -OCH3 is 1. The molecule has 2 aromatic rings. The molecule has 17 heavy (non-hydrogen) atoms. The Morgan fingerprint density at radius 3 is 2.88 bits per heavy atom. The molecule has 5 heteroatoms. The maximum Gasteiger partial charge on any atom is 0.218 e. The first-order chi connectivity index (χ1) is 8.26. The summed E-state index contributed by atoms with van der Waals surface area (Å²) in [5.74, 6) is 0.635. The Balaban J connectivity index is 2.41. The molecule has 0 aromatic carbocycles. The Morgan fingerprint density at radius 2 is 2.29 bits per heavy atom. The molecule has 0 saturated heterocycles. The Bertz CT molecular complexity index is 495. The predicted octanol–water partition coefficient (Wildman–Crippen LogP) is 1.13. The summed E-state index contributed by atoms with van der Waals surface area (Å²) in [6, 6.07) is 3.94. The number of nitrogens with one attached hydrogen (secondary N) is 1. The highest BCUT2D eigenvalue weighted by Crippen LogP contribution is 2.27. The first-order valence-corrected chi connectivity index (χ1v) is 5.41. The van der Waals surface area contributed by atoms with Crippen molar-refractivity contribution in [1.29, 1.82) is 0 Å². The molecule has 1 N–H and O–H groups in total. The summed E-state index contributed by atoms with van der Waals surface area (Å²) in [5, 5.41) is 7.43. The lowest BCUT2D eigenvalue weighted by Crippen LogP contribution is -2.18. The van der Waals surface area contributed by atoms with Gasteiger partial charge >= 0.3 is 0 Å². The van der Waals surface area contributed by atoms with Gasteiger partial charge in [-0.1, -0.05) is 6.07 Å². The van der Waals surface area contributed by atoms with Gasteiger partial charge in [-0.3, -0.25) is 4.68 Å². The molecule has 0 aliphatic rings. The molecule has 0 radical (unpaired) electrons. The number of ether oxygens (including phenoxy) is 1. The van der Waals surface area contributed by atoms with Crippen LogP contribution >= 0.6 is 0 Å². The minimum Gasteiger partial charge on any atom is -0.481 e. The highest BCUT2D eigenvalue weighted by molar-refractivity contribution is 5.35. The lowest BCUT2D eigenvalue weighted by molar-refractivity contribution is 0.388. The van der Waals surface area contributed by atoms with Gasteiger partial charge in [-0.05, 0) is 13.1 Å². The normalized spacial score (nSPS) is 12.4. The van der Waals surface area contributed by atoms with Crippen molar-refractivity contribution in [1.82, 2.24) is 20.1 Å². The third kappa shape index (κ3) is 2.29. The van der Waals surface area contributed by atoms with E-state index in [1.807, 2.05) is 38.6 Å². The zero-order valence-corrected chi connectivity index (χ0v) is 10.2.